The largest absolute Gasteiger partial charge is 0.496 e. The lowest BCUT2D eigenvalue weighted by molar-refractivity contribution is 0.0697. The maximum Gasteiger partial charge on any atom is 0.337 e. The monoisotopic (exact) mass is 536 g/mol. The minimum absolute atomic E-state index is 0.0659. The summed E-state index contributed by atoms with van der Waals surface area (Å²) in [5.41, 5.74) is 3.88. The van der Waals surface area contributed by atoms with Gasteiger partial charge in [0.1, 0.15) is 18.1 Å². The predicted octanol–water partition coefficient (Wildman–Crippen LogP) is 6.88. The lowest BCUT2D eigenvalue weighted by Crippen LogP contribution is -2.29. The van der Waals surface area contributed by atoms with E-state index in [-0.39, 0.29) is 11.3 Å². The SMILES string of the molecule is COc1cc(C(=O)O)c(NC(=O)c2cc(N3CCCCC3)ccc2OCc2ccccc2)cc1-c1ccccc1. The Morgan fingerprint density at radius 1 is 0.825 bits per heavy atom. The van der Waals surface area contributed by atoms with Gasteiger partial charge >= 0.3 is 5.97 Å². The number of ether oxygens (including phenoxy) is 2. The van der Waals surface area contributed by atoms with Gasteiger partial charge in [0, 0.05) is 24.3 Å². The van der Waals surface area contributed by atoms with E-state index in [0.29, 0.717) is 29.2 Å². The number of nitrogens with zero attached hydrogens (tertiary/aromatic N) is 1. The fourth-order valence-corrected chi connectivity index (χ4v) is 4.97. The van der Waals surface area contributed by atoms with Crippen LogP contribution in [0.25, 0.3) is 11.1 Å². The van der Waals surface area contributed by atoms with Crippen LogP contribution in [-0.4, -0.2) is 37.2 Å². The number of benzene rings is 4. The second kappa shape index (κ2) is 12.4. The molecular formula is C33H32N2O5. The Balaban J connectivity index is 1.51. The Morgan fingerprint density at radius 3 is 2.20 bits per heavy atom. The van der Waals surface area contributed by atoms with E-state index in [1.807, 2.05) is 78.9 Å². The van der Waals surface area contributed by atoms with Gasteiger partial charge < -0.3 is 24.8 Å². The highest BCUT2D eigenvalue weighted by atomic mass is 16.5. The summed E-state index contributed by atoms with van der Waals surface area (Å²) in [6.45, 7) is 2.14. The molecule has 0 aliphatic carbocycles. The van der Waals surface area contributed by atoms with Gasteiger partial charge in [-0.3, -0.25) is 4.79 Å². The molecule has 7 nitrogen and oxygen atoms in total. The Hall–Kier alpha value is -4.78. The smallest absolute Gasteiger partial charge is 0.337 e. The third-order valence-electron chi connectivity index (χ3n) is 7.07. The summed E-state index contributed by atoms with van der Waals surface area (Å²) in [6.07, 6.45) is 3.40. The molecule has 1 aliphatic rings. The summed E-state index contributed by atoms with van der Waals surface area (Å²) < 4.78 is 11.6. The quantitative estimate of drug-likeness (QED) is 0.242. The zero-order valence-electron chi connectivity index (χ0n) is 22.4. The number of carboxylic acids is 1. The van der Waals surface area contributed by atoms with Crippen molar-refractivity contribution in [2.24, 2.45) is 0 Å². The molecule has 2 N–H and O–H groups in total. The van der Waals surface area contributed by atoms with Crippen LogP contribution in [0.3, 0.4) is 0 Å². The summed E-state index contributed by atoms with van der Waals surface area (Å²) in [5, 5.41) is 12.8. The maximum absolute atomic E-state index is 13.8. The number of carbonyl (C=O) groups excluding carboxylic acids is 1. The van der Waals surface area contributed by atoms with Crippen molar-refractivity contribution in [3.05, 3.63) is 108 Å². The van der Waals surface area contributed by atoms with Crippen LogP contribution in [0.5, 0.6) is 11.5 Å². The molecule has 204 valence electrons. The van der Waals surface area contributed by atoms with Crippen molar-refractivity contribution in [3.63, 3.8) is 0 Å². The summed E-state index contributed by atoms with van der Waals surface area (Å²) in [7, 11) is 1.49. The van der Waals surface area contributed by atoms with Gasteiger partial charge in [0.25, 0.3) is 5.91 Å². The van der Waals surface area contributed by atoms with Crippen LogP contribution in [-0.2, 0) is 6.61 Å². The molecule has 1 aliphatic heterocycles. The number of hydrogen-bond acceptors (Lipinski definition) is 5. The maximum atomic E-state index is 13.8. The van der Waals surface area contributed by atoms with Crippen molar-refractivity contribution in [2.45, 2.75) is 25.9 Å². The molecule has 1 heterocycles. The highest BCUT2D eigenvalue weighted by molar-refractivity contribution is 6.10. The fraction of sp³-hybridized carbons (Fsp3) is 0.212. The number of anilines is 2. The van der Waals surface area contributed by atoms with Gasteiger partial charge in [0.2, 0.25) is 0 Å². The average Bonchev–Trinajstić information content (AvgIpc) is 3.01. The van der Waals surface area contributed by atoms with Crippen molar-refractivity contribution >= 4 is 23.3 Å². The highest BCUT2D eigenvalue weighted by Gasteiger charge is 2.22. The van der Waals surface area contributed by atoms with Gasteiger partial charge in [0.05, 0.1) is 23.9 Å². The zero-order valence-corrected chi connectivity index (χ0v) is 22.4. The molecule has 40 heavy (non-hydrogen) atoms. The molecule has 0 bridgehead atoms. The Morgan fingerprint density at radius 2 is 1.52 bits per heavy atom. The van der Waals surface area contributed by atoms with Gasteiger partial charge in [0.15, 0.2) is 0 Å². The van der Waals surface area contributed by atoms with E-state index in [9.17, 15) is 14.7 Å². The molecule has 0 unspecified atom stereocenters. The molecule has 4 aromatic rings. The first-order valence-corrected chi connectivity index (χ1v) is 13.4. The van der Waals surface area contributed by atoms with Crippen LogP contribution in [0, 0.1) is 0 Å². The van der Waals surface area contributed by atoms with E-state index in [1.165, 1.54) is 19.6 Å². The molecule has 0 saturated carbocycles. The second-order valence-electron chi connectivity index (χ2n) is 9.73. The van der Waals surface area contributed by atoms with Gasteiger partial charge in [-0.05, 0) is 60.7 Å². The van der Waals surface area contributed by atoms with Crippen LogP contribution in [0.1, 0.15) is 45.5 Å². The molecule has 1 fully saturated rings. The van der Waals surface area contributed by atoms with Crippen molar-refractivity contribution in [1.82, 2.24) is 0 Å². The van der Waals surface area contributed by atoms with Crippen molar-refractivity contribution in [2.75, 3.05) is 30.4 Å². The van der Waals surface area contributed by atoms with Gasteiger partial charge in [-0.1, -0.05) is 60.7 Å². The number of methoxy groups -OCH3 is 1. The molecule has 1 saturated heterocycles. The number of carbonyl (C=O) groups is 2. The summed E-state index contributed by atoms with van der Waals surface area (Å²) in [5.74, 6) is -0.791. The van der Waals surface area contributed by atoms with E-state index in [0.717, 1.165) is 42.7 Å². The number of nitrogens with one attached hydrogen (secondary N) is 1. The minimum atomic E-state index is -1.17. The first-order valence-electron chi connectivity index (χ1n) is 13.4. The molecule has 5 rings (SSSR count). The summed E-state index contributed by atoms with van der Waals surface area (Å²) >= 11 is 0. The number of aromatic carboxylic acids is 1. The van der Waals surface area contributed by atoms with Crippen LogP contribution < -0.4 is 19.7 Å². The first kappa shape index (κ1) is 26.8. The molecule has 7 heteroatoms. The molecule has 0 aromatic heterocycles. The molecular weight excluding hydrogens is 504 g/mol. The normalized spacial score (nSPS) is 13.0. The van der Waals surface area contributed by atoms with Crippen molar-refractivity contribution < 1.29 is 24.2 Å². The molecule has 4 aromatic carbocycles. The van der Waals surface area contributed by atoms with Crippen molar-refractivity contribution in [1.29, 1.82) is 0 Å². The number of hydrogen-bond donors (Lipinski definition) is 2. The first-order chi connectivity index (χ1) is 19.5. The van der Waals surface area contributed by atoms with Crippen LogP contribution in [0.15, 0.2) is 91.0 Å². The Bertz CT molecular complexity index is 1480. The van der Waals surface area contributed by atoms with Crippen LogP contribution >= 0.6 is 0 Å². The summed E-state index contributed by atoms with van der Waals surface area (Å²) in [4.78, 5) is 28.3. The van der Waals surface area contributed by atoms with Crippen molar-refractivity contribution in [3.8, 4) is 22.6 Å². The van der Waals surface area contributed by atoms with Gasteiger partial charge in [-0.15, -0.1) is 0 Å². The minimum Gasteiger partial charge on any atom is -0.496 e. The Kier molecular flexibility index (Phi) is 8.30. The van der Waals surface area contributed by atoms with E-state index < -0.39 is 11.9 Å². The lowest BCUT2D eigenvalue weighted by Gasteiger charge is -2.29. The van der Waals surface area contributed by atoms with Gasteiger partial charge in [-0.2, -0.15) is 0 Å². The Labute approximate surface area is 234 Å². The van der Waals surface area contributed by atoms with E-state index in [1.54, 1.807) is 6.07 Å². The van der Waals surface area contributed by atoms with Gasteiger partial charge in [-0.25, -0.2) is 4.79 Å². The van der Waals surface area contributed by atoms with E-state index in [2.05, 4.69) is 10.2 Å². The highest BCUT2D eigenvalue weighted by Crippen LogP contribution is 2.36. The average molecular weight is 537 g/mol. The third kappa shape index (κ3) is 6.10. The lowest BCUT2D eigenvalue weighted by atomic mass is 10.0. The number of carboxylic acid groups (broad SMARTS) is 1. The predicted molar refractivity (Wildman–Crippen MR) is 157 cm³/mol. The third-order valence-corrected chi connectivity index (χ3v) is 7.07. The summed E-state index contributed by atoms with van der Waals surface area (Å²) in [6, 6.07) is 28.0. The van der Waals surface area contributed by atoms with Crippen LogP contribution in [0.4, 0.5) is 11.4 Å². The van der Waals surface area contributed by atoms with E-state index in [4.69, 9.17) is 9.47 Å². The number of rotatable bonds is 9. The van der Waals surface area contributed by atoms with Crippen LogP contribution in [0.2, 0.25) is 0 Å². The van der Waals surface area contributed by atoms with E-state index >= 15 is 0 Å². The molecule has 0 spiro atoms. The molecule has 1 amide bonds. The standard InChI is InChI=1S/C33H32N2O5/c1-39-31-21-27(33(37)38)29(20-26(31)24-13-7-3-8-14-24)34-32(36)28-19-25(35-17-9-4-10-18-35)15-16-30(28)40-22-23-11-5-2-6-12-23/h2-3,5-8,11-16,19-21H,4,9-10,17-18,22H2,1H3,(H,34,36)(H,37,38). The topological polar surface area (TPSA) is 88.1 Å². The number of amides is 1. The second-order valence-corrected chi connectivity index (χ2v) is 9.73. The molecule has 0 radical (unpaired) electrons. The number of piperidine rings is 1. The zero-order chi connectivity index (χ0) is 27.9. The fourth-order valence-electron chi connectivity index (χ4n) is 4.97. The molecule has 0 atom stereocenters.